The van der Waals surface area contributed by atoms with Crippen LogP contribution >= 0.6 is 0 Å². The zero-order chi connectivity index (χ0) is 21.3. The molecule has 4 heteroatoms. The number of benzene rings is 3. The van der Waals surface area contributed by atoms with Crippen LogP contribution in [0, 0.1) is 6.92 Å². The van der Waals surface area contributed by atoms with Crippen LogP contribution < -0.4 is 5.32 Å². The van der Waals surface area contributed by atoms with Gasteiger partial charge in [-0.2, -0.15) is 0 Å². The Morgan fingerprint density at radius 1 is 1.03 bits per heavy atom. The summed E-state index contributed by atoms with van der Waals surface area (Å²) in [7, 11) is 0. The lowest BCUT2D eigenvalue weighted by Gasteiger charge is -2.10. The van der Waals surface area contributed by atoms with Crippen molar-refractivity contribution in [3.63, 3.8) is 0 Å². The van der Waals surface area contributed by atoms with E-state index >= 15 is 0 Å². The summed E-state index contributed by atoms with van der Waals surface area (Å²) in [6.07, 6.45) is 0.951. The van der Waals surface area contributed by atoms with Crippen molar-refractivity contribution >= 4 is 22.7 Å². The largest absolute Gasteiger partial charge is 0.436 e. The van der Waals surface area contributed by atoms with Crippen molar-refractivity contribution in [3.8, 4) is 11.5 Å². The number of carbonyl (C=O) groups is 1. The van der Waals surface area contributed by atoms with Gasteiger partial charge in [0.05, 0.1) is 0 Å². The second-order valence-electron chi connectivity index (χ2n) is 7.94. The normalized spacial score (nSPS) is 11.2. The smallest absolute Gasteiger partial charge is 0.255 e. The average molecular weight is 399 g/mol. The number of hydrogen-bond acceptors (Lipinski definition) is 3. The summed E-state index contributed by atoms with van der Waals surface area (Å²) < 4.78 is 5.98. The predicted molar refractivity (Wildman–Crippen MR) is 122 cm³/mol. The van der Waals surface area contributed by atoms with Gasteiger partial charge in [-0.3, -0.25) is 4.79 Å². The fourth-order valence-electron chi connectivity index (χ4n) is 3.40. The fourth-order valence-corrected chi connectivity index (χ4v) is 3.40. The van der Waals surface area contributed by atoms with Crippen LogP contribution in [-0.4, -0.2) is 10.9 Å². The number of nitrogens with zero attached hydrogens (tertiary/aromatic N) is 1. The van der Waals surface area contributed by atoms with Crippen molar-refractivity contribution in [1.82, 2.24) is 4.98 Å². The second kappa shape index (κ2) is 8.15. The number of anilines is 1. The molecule has 0 saturated carbocycles. The molecule has 0 bridgehead atoms. The van der Waals surface area contributed by atoms with Gasteiger partial charge >= 0.3 is 0 Å². The Morgan fingerprint density at radius 2 is 1.80 bits per heavy atom. The number of aromatic nitrogens is 1. The summed E-state index contributed by atoms with van der Waals surface area (Å²) in [5.74, 6) is 0.855. The maximum Gasteiger partial charge on any atom is 0.255 e. The maximum absolute atomic E-state index is 12.7. The van der Waals surface area contributed by atoms with Crippen molar-refractivity contribution in [2.75, 3.05) is 5.32 Å². The summed E-state index contributed by atoms with van der Waals surface area (Å²) in [4.78, 5) is 17.4. The van der Waals surface area contributed by atoms with Crippen LogP contribution in [0.1, 0.15) is 53.7 Å². The number of carbonyl (C=O) groups excluding carboxylic acids is 1. The molecule has 152 valence electrons. The lowest BCUT2D eigenvalue weighted by molar-refractivity contribution is 0.102. The molecule has 0 radical (unpaired) electrons. The molecule has 1 N–H and O–H groups in total. The lowest BCUT2D eigenvalue weighted by Crippen LogP contribution is -2.12. The van der Waals surface area contributed by atoms with Gasteiger partial charge in [0, 0.05) is 16.8 Å². The average Bonchev–Trinajstić information content (AvgIpc) is 3.18. The van der Waals surface area contributed by atoms with Gasteiger partial charge in [-0.05, 0) is 72.4 Å². The molecule has 4 nitrogen and oxygen atoms in total. The summed E-state index contributed by atoms with van der Waals surface area (Å²) in [5, 5.41) is 3.02. The van der Waals surface area contributed by atoms with Crippen molar-refractivity contribution in [2.45, 2.75) is 40.0 Å². The molecule has 0 spiro atoms. The molecule has 30 heavy (non-hydrogen) atoms. The van der Waals surface area contributed by atoms with Crippen LogP contribution in [0.15, 0.2) is 65.1 Å². The molecule has 0 aliphatic rings. The van der Waals surface area contributed by atoms with Crippen molar-refractivity contribution < 1.29 is 9.21 Å². The van der Waals surface area contributed by atoms with Crippen molar-refractivity contribution in [2.24, 2.45) is 0 Å². The molecule has 0 fully saturated rings. The van der Waals surface area contributed by atoms with E-state index in [-0.39, 0.29) is 5.91 Å². The van der Waals surface area contributed by atoms with E-state index in [4.69, 9.17) is 4.42 Å². The Labute approximate surface area is 177 Å². The van der Waals surface area contributed by atoms with Gasteiger partial charge in [0.1, 0.15) is 5.52 Å². The van der Waals surface area contributed by atoms with Gasteiger partial charge < -0.3 is 9.73 Å². The standard InChI is InChI=1S/C26H26N2O2/c1-5-18-7-10-19(11-8-18)25(29)27-22-15-21(9-6-17(22)4)26-28-23-14-20(16(2)3)12-13-24(23)30-26/h6-16H,5H2,1-4H3,(H,27,29). The Bertz CT molecular complexity index is 1200. The van der Waals surface area contributed by atoms with E-state index in [9.17, 15) is 4.79 Å². The molecule has 0 saturated heterocycles. The third-order valence-corrected chi connectivity index (χ3v) is 5.44. The second-order valence-corrected chi connectivity index (χ2v) is 7.94. The van der Waals surface area contributed by atoms with E-state index in [1.165, 1.54) is 11.1 Å². The Balaban J connectivity index is 1.62. The topological polar surface area (TPSA) is 55.1 Å². The van der Waals surface area contributed by atoms with Crippen LogP contribution in [0.4, 0.5) is 5.69 Å². The SMILES string of the molecule is CCc1ccc(C(=O)Nc2cc(-c3nc4cc(C(C)C)ccc4o3)ccc2C)cc1. The summed E-state index contributed by atoms with van der Waals surface area (Å²) in [5.41, 5.74) is 7.25. The highest BCUT2D eigenvalue weighted by atomic mass is 16.3. The minimum Gasteiger partial charge on any atom is -0.436 e. The fraction of sp³-hybridized carbons (Fsp3) is 0.231. The van der Waals surface area contributed by atoms with E-state index in [0.717, 1.165) is 34.3 Å². The zero-order valence-electron chi connectivity index (χ0n) is 17.8. The molecule has 1 amide bonds. The molecule has 4 aromatic rings. The van der Waals surface area contributed by atoms with Crippen LogP contribution in [0.25, 0.3) is 22.6 Å². The summed E-state index contributed by atoms with van der Waals surface area (Å²) >= 11 is 0. The quantitative estimate of drug-likeness (QED) is 0.405. The molecule has 0 aliphatic heterocycles. The molecule has 1 heterocycles. The van der Waals surface area contributed by atoms with Crippen LogP contribution in [0.3, 0.4) is 0 Å². The molecule has 0 aliphatic carbocycles. The first-order chi connectivity index (χ1) is 14.4. The highest BCUT2D eigenvalue weighted by Gasteiger charge is 2.13. The minimum absolute atomic E-state index is 0.128. The summed E-state index contributed by atoms with van der Waals surface area (Å²) in [6, 6.07) is 19.7. The van der Waals surface area contributed by atoms with Gasteiger partial charge in [-0.25, -0.2) is 4.98 Å². The van der Waals surface area contributed by atoms with E-state index in [2.05, 4.69) is 43.2 Å². The van der Waals surface area contributed by atoms with Gasteiger partial charge in [0.15, 0.2) is 5.58 Å². The van der Waals surface area contributed by atoms with Gasteiger partial charge in [0.25, 0.3) is 5.91 Å². The molecular weight excluding hydrogens is 372 g/mol. The maximum atomic E-state index is 12.7. The third-order valence-electron chi connectivity index (χ3n) is 5.44. The number of aryl methyl sites for hydroxylation is 2. The van der Waals surface area contributed by atoms with Crippen molar-refractivity contribution in [1.29, 1.82) is 0 Å². The number of amides is 1. The molecule has 0 atom stereocenters. The molecular formula is C26H26N2O2. The highest BCUT2D eigenvalue weighted by molar-refractivity contribution is 6.05. The molecule has 1 aromatic heterocycles. The lowest BCUT2D eigenvalue weighted by atomic mass is 10.0. The minimum atomic E-state index is -0.128. The first-order valence-electron chi connectivity index (χ1n) is 10.4. The molecule has 3 aromatic carbocycles. The number of oxazole rings is 1. The molecule has 4 rings (SSSR count). The molecule has 0 unspecified atom stereocenters. The highest BCUT2D eigenvalue weighted by Crippen LogP contribution is 2.29. The zero-order valence-corrected chi connectivity index (χ0v) is 17.8. The van der Waals surface area contributed by atoms with E-state index < -0.39 is 0 Å². The van der Waals surface area contributed by atoms with E-state index in [0.29, 0.717) is 17.4 Å². The van der Waals surface area contributed by atoms with E-state index in [1.54, 1.807) is 0 Å². The Morgan fingerprint density at radius 3 is 2.50 bits per heavy atom. The van der Waals surface area contributed by atoms with Crippen LogP contribution in [0.2, 0.25) is 0 Å². The van der Waals surface area contributed by atoms with Crippen LogP contribution in [0.5, 0.6) is 0 Å². The van der Waals surface area contributed by atoms with Gasteiger partial charge in [0.2, 0.25) is 5.89 Å². The third kappa shape index (κ3) is 3.99. The number of hydrogen-bond donors (Lipinski definition) is 1. The van der Waals surface area contributed by atoms with Gasteiger partial charge in [-0.1, -0.05) is 45.0 Å². The van der Waals surface area contributed by atoms with Crippen LogP contribution in [-0.2, 0) is 6.42 Å². The van der Waals surface area contributed by atoms with Crippen molar-refractivity contribution in [3.05, 3.63) is 82.9 Å². The Kier molecular flexibility index (Phi) is 5.40. The summed E-state index contributed by atoms with van der Waals surface area (Å²) in [6.45, 7) is 8.39. The number of nitrogens with one attached hydrogen (secondary N) is 1. The first kappa shape index (κ1) is 19.9. The number of rotatable bonds is 5. The monoisotopic (exact) mass is 398 g/mol. The van der Waals surface area contributed by atoms with Gasteiger partial charge in [-0.15, -0.1) is 0 Å². The predicted octanol–water partition coefficient (Wildman–Crippen LogP) is 6.74. The Hall–Kier alpha value is -3.40. The number of fused-ring (bicyclic) bond motifs is 1. The first-order valence-corrected chi connectivity index (χ1v) is 10.4. The van der Waals surface area contributed by atoms with E-state index in [1.807, 2.05) is 55.5 Å².